The highest BCUT2D eigenvalue weighted by Crippen LogP contribution is 2.61. The lowest BCUT2D eigenvalue weighted by Gasteiger charge is -2.57. The van der Waals surface area contributed by atoms with Crippen LogP contribution in [0.25, 0.3) is 16.6 Å². The lowest BCUT2D eigenvalue weighted by atomic mass is 9.49. The second-order valence-electron chi connectivity index (χ2n) is 10.0. The van der Waals surface area contributed by atoms with Crippen LogP contribution in [0.4, 0.5) is 0 Å². The van der Waals surface area contributed by atoms with Crippen LogP contribution in [0.15, 0.2) is 30.6 Å². The normalized spacial score (nSPS) is 34.1. The molecule has 0 unspecified atom stereocenters. The van der Waals surface area contributed by atoms with Gasteiger partial charge < -0.3 is 9.88 Å². The fraction of sp³-hybridized carbons (Fsp3) is 0.583. The van der Waals surface area contributed by atoms with E-state index in [1.807, 2.05) is 12.3 Å². The van der Waals surface area contributed by atoms with Gasteiger partial charge in [0.2, 0.25) is 5.91 Å². The van der Waals surface area contributed by atoms with Crippen LogP contribution < -0.4 is 0 Å². The van der Waals surface area contributed by atoms with Gasteiger partial charge in [0.15, 0.2) is 0 Å². The van der Waals surface area contributed by atoms with Gasteiger partial charge >= 0.3 is 0 Å². The summed E-state index contributed by atoms with van der Waals surface area (Å²) >= 11 is 0. The van der Waals surface area contributed by atoms with Gasteiger partial charge in [0.05, 0.1) is 11.0 Å². The fourth-order valence-electron chi connectivity index (χ4n) is 7.28. The van der Waals surface area contributed by atoms with Crippen LogP contribution in [0.1, 0.15) is 56.9 Å². The molecule has 1 amide bonds. The monoisotopic (exact) mass is 375 g/mol. The number of pyridine rings is 1. The predicted molar refractivity (Wildman–Crippen MR) is 110 cm³/mol. The maximum atomic E-state index is 13.2. The van der Waals surface area contributed by atoms with Crippen molar-refractivity contribution in [1.29, 1.82) is 0 Å². The summed E-state index contributed by atoms with van der Waals surface area (Å²) in [5.41, 5.74) is 4.99. The van der Waals surface area contributed by atoms with Crippen molar-refractivity contribution in [1.82, 2.24) is 14.9 Å². The van der Waals surface area contributed by atoms with E-state index >= 15 is 0 Å². The highest BCUT2D eigenvalue weighted by molar-refractivity contribution is 5.90. The molecule has 3 heterocycles. The molecule has 0 spiro atoms. The van der Waals surface area contributed by atoms with Crippen molar-refractivity contribution in [2.75, 3.05) is 13.1 Å². The summed E-state index contributed by atoms with van der Waals surface area (Å²) in [6.07, 6.45) is 16.2. The molecule has 2 aromatic heterocycles. The Morgan fingerprint density at radius 1 is 1.18 bits per heavy atom. The van der Waals surface area contributed by atoms with Crippen molar-refractivity contribution in [3.05, 3.63) is 36.2 Å². The first-order valence-electron chi connectivity index (χ1n) is 11.1. The third kappa shape index (κ3) is 2.72. The maximum Gasteiger partial charge on any atom is 0.223 e. The Kier molecular flexibility index (Phi) is 3.72. The summed E-state index contributed by atoms with van der Waals surface area (Å²) in [4.78, 5) is 23.1. The van der Waals surface area contributed by atoms with E-state index in [-0.39, 0.29) is 0 Å². The molecule has 28 heavy (non-hydrogen) atoms. The van der Waals surface area contributed by atoms with Gasteiger partial charge in [-0.1, -0.05) is 6.08 Å². The third-order valence-electron chi connectivity index (χ3n) is 8.03. The lowest BCUT2D eigenvalue weighted by molar-refractivity contribution is -0.139. The first-order valence-corrected chi connectivity index (χ1v) is 11.1. The van der Waals surface area contributed by atoms with Gasteiger partial charge in [-0.05, 0) is 85.8 Å². The van der Waals surface area contributed by atoms with Crippen LogP contribution in [-0.2, 0) is 4.79 Å². The van der Waals surface area contributed by atoms with Gasteiger partial charge in [0.25, 0.3) is 0 Å². The molecule has 4 aliphatic carbocycles. The quantitative estimate of drug-likeness (QED) is 0.839. The number of amides is 1. The molecule has 146 valence electrons. The molecule has 4 bridgehead atoms. The summed E-state index contributed by atoms with van der Waals surface area (Å²) < 4.78 is 0. The fourth-order valence-corrected chi connectivity index (χ4v) is 7.28. The Bertz CT molecular complexity index is 920. The number of fused-ring (bicyclic) bond motifs is 1. The van der Waals surface area contributed by atoms with Gasteiger partial charge in [0, 0.05) is 37.5 Å². The van der Waals surface area contributed by atoms with Gasteiger partial charge in [-0.2, -0.15) is 0 Å². The smallest absolute Gasteiger partial charge is 0.223 e. The maximum absolute atomic E-state index is 13.2. The van der Waals surface area contributed by atoms with Crippen LogP contribution in [-0.4, -0.2) is 33.9 Å². The summed E-state index contributed by atoms with van der Waals surface area (Å²) in [5, 5.41) is 0. The number of rotatable bonds is 3. The third-order valence-corrected chi connectivity index (χ3v) is 8.03. The minimum atomic E-state index is 0.344. The van der Waals surface area contributed by atoms with E-state index in [1.165, 1.54) is 49.7 Å². The highest BCUT2D eigenvalue weighted by Gasteiger charge is 2.51. The average molecular weight is 376 g/mol. The molecule has 7 rings (SSSR count). The van der Waals surface area contributed by atoms with Gasteiger partial charge in [0.1, 0.15) is 0 Å². The molecule has 4 heteroatoms. The number of H-pyrrole nitrogens is 1. The first-order chi connectivity index (χ1) is 13.7. The van der Waals surface area contributed by atoms with Crippen molar-refractivity contribution in [3.8, 4) is 0 Å². The van der Waals surface area contributed by atoms with E-state index in [9.17, 15) is 4.79 Å². The van der Waals surface area contributed by atoms with Crippen LogP contribution in [0.5, 0.6) is 0 Å². The van der Waals surface area contributed by atoms with Crippen LogP contribution in [0.2, 0.25) is 0 Å². The van der Waals surface area contributed by atoms with E-state index in [2.05, 4.69) is 33.2 Å². The molecule has 5 aliphatic rings. The number of aromatic amines is 1. The second-order valence-corrected chi connectivity index (χ2v) is 10.0. The number of carbonyl (C=O) groups is 1. The standard InChI is InChI=1S/C24H29N3O/c28-22(14-24-11-16-8-17(12-24)10-18(9-16)13-24)27-6-3-19(4-7-27)20-15-26-21-2-1-5-25-23(20)21/h1-3,5,15-18,26H,4,6-14H2. The van der Waals surface area contributed by atoms with Gasteiger partial charge in [-0.3, -0.25) is 9.78 Å². The van der Waals surface area contributed by atoms with Crippen LogP contribution >= 0.6 is 0 Å². The van der Waals surface area contributed by atoms with Crippen molar-refractivity contribution >= 4 is 22.5 Å². The van der Waals surface area contributed by atoms with Crippen LogP contribution in [0.3, 0.4) is 0 Å². The molecule has 4 nitrogen and oxygen atoms in total. The van der Waals surface area contributed by atoms with E-state index in [0.717, 1.165) is 54.7 Å². The number of hydrogen-bond donors (Lipinski definition) is 1. The Hall–Kier alpha value is -2.10. The summed E-state index contributed by atoms with van der Waals surface area (Å²) in [6.45, 7) is 1.59. The van der Waals surface area contributed by atoms with Gasteiger partial charge in [-0.25, -0.2) is 0 Å². The lowest BCUT2D eigenvalue weighted by Crippen LogP contribution is -2.48. The number of nitrogens with zero attached hydrogens (tertiary/aromatic N) is 2. The minimum Gasteiger partial charge on any atom is -0.359 e. The molecule has 2 aromatic rings. The molecule has 4 fully saturated rings. The molecule has 1 aliphatic heterocycles. The first kappa shape index (κ1) is 16.8. The highest BCUT2D eigenvalue weighted by atomic mass is 16.2. The average Bonchev–Trinajstić information content (AvgIpc) is 3.11. The van der Waals surface area contributed by atoms with Crippen molar-refractivity contribution in [2.24, 2.45) is 23.2 Å². The number of aromatic nitrogens is 2. The largest absolute Gasteiger partial charge is 0.359 e. The predicted octanol–water partition coefficient (Wildman–Crippen LogP) is 4.79. The topological polar surface area (TPSA) is 49.0 Å². The molecule has 0 radical (unpaired) electrons. The molecule has 1 N–H and O–H groups in total. The Balaban J connectivity index is 1.16. The summed E-state index contributed by atoms with van der Waals surface area (Å²) in [6, 6.07) is 4.03. The number of hydrogen-bond acceptors (Lipinski definition) is 2. The van der Waals surface area contributed by atoms with Crippen molar-refractivity contribution < 1.29 is 4.79 Å². The molecule has 0 atom stereocenters. The van der Waals surface area contributed by atoms with E-state index in [4.69, 9.17) is 0 Å². The minimum absolute atomic E-state index is 0.344. The van der Waals surface area contributed by atoms with Gasteiger partial charge in [-0.15, -0.1) is 0 Å². The Morgan fingerprint density at radius 3 is 2.61 bits per heavy atom. The van der Waals surface area contributed by atoms with E-state index in [1.54, 1.807) is 0 Å². The summed E-state index contributed by atoms with van der Waals surface area (Å²) in [7, 11) is 0. The molecule has 4 saturated carbocycles. The van der Waals surface area contributed by atoms with Crippen molar-refractivity contribution in [2.45, 2.75) is 51.4 Å². The molecular formula is C24H29N3O. The van der Waals surface area contributed by atoms with Crippen molar-refractivity contribution in [3.63, 3.8) is 0 Å². The van der Waals surface area contributed by atoms with E-state index < -0.39 is 0 Å². The van der Waals surface area contributed by atoms with E-state index in [0.29, 0.717) is 11.3 Å². The van der Waals surface area contributed by atoms with Crippen LogP contribution in [0, 0.1) is 23.2 Å². The zero-order valence-electron chi connectivity index (χ0n) is 16.5. The molecule has 0 aromatic carbocycles. The Labute approximate surface area is 166 Å². The molecule has 0 saturated heterocycles. The Morgan fingerprint density at radius 2 is 1.93 bits per heavy atom. The SMILES string of the molecule is O=C(CC12CC3CC(CC(C3)C1)C2)N1CC=C(c2c[nH]c3cccnc23)CC1. The number of nitrogens with one attached hydrogen (secondary N) is 1. The second kappa shape index (κ2) is 6.20. The number of carbonyl (C=O) groups excluding carboxylic acids is 1. The molecular weight excluding hydrogens is 346 g/mol. The zero-order valence-corrected chi connectivity index (χ0v) is 16.5. The summed E-state index contributed by atoms with van der Waals surface area (Å²) in [5.74, 6) is 3.15. The zero-order chi connectivity index (χ0) is 18.7.